The van der Waals surface area contributed by atoms with Crippen LogP contribution in [0, 0.1) is 0 Å². The van der Waals surface area contributed by atoms with Crippen molar-refractivity contribution in [3.05, 3.63) is 0 Å². The lowest BCUT2D eigenvalue weighted by atomic mass is 9.90. The molecule has 2 saturated carbocycles. The van der Waals surface area contributed by atoms with Gasteiger partial charge in [-0.05, 0) is 32.6 Å². The third-order valence-electron chi connectivity index (χ3n) is 3.60. The Bertz CT molecular complexity index is 245. The molecule has 2 aliphatic carbocycles. The molecule has 0 aromatic heterocycles. The van der Waals surface area contributed by atoms with Gasteiger partial charge < -0.3 is 15.8 Å². The van der Waals surface area contributed by atoms with E-state index in [2.05, 4.69) is 5.32 Å². The van der Waals surface area contributed by atoms with Gasteiger partial charge >= 0.3 is 0 Å². The summed E-state index contributed by atoms with van der Waals surface area (Å²) in [6.45, 7) is 1.83. The molecule has 0 aliphatic heterocycles. The van der Waals surface area contributed by atoms with Gasteiger partial charge in [0.2, 0.25) is 5.91 Å². The second-order valence-electron chi connectivity index (χ2n) is 5.12. The fourth-order valence-electron chi connectivity index (χ4n) is 2.46. The van der Waals surface area contributed by atoms with E-state index in [0.717, 1.165) is 25.7 Å². The van der Waals surface area contributed by atoms with Crippen molar-refractivity contribution in [2.24, 2.45) is 5.73 Å². The smallest absolute Gasteiger partial charge is 0.249 e. The molecule has 2 fully saturated rings. The Morgan fingerprint density at radius 1 is 1.38 bits per heavy atom. The van der Waals surface area contributed by atoms with Gasteiger partial charge in [-0.1, -0.05) is 12.8 Å². The molecular weight excluding hydrogens is 204 g/mol. The number of hydrogen-bond donors (Lipinski definition) is 2. The van der Waals surface area contributed by atoms with E-state index >= 15 is 0 Å². The molecular formula is C12H22N2O2. The first-order valence-electron chi connectivity index (χ1n) is 6.36. The van der Waals surface area contributed by atoms with Crippen molar-refractivity contribution in [2.45, 2.75) is 69.7 Å². The van der Waals surface area contributed by atoms with E-state index in [1.54, 1.807) is 0 Å². The Morgan fingerprint density at radius 2 is 2.00 bits per heavy atom. The lowest BCUT2D eigenvalue weighted by Crippen LogP contribution is -2.47. The lowest BCUT2D eigenvalue weighted by Gasteiger charge is -2.34. The van der Waals surface area contributed by atoms with Crippen LogP contribution < -0.4 is 11.1 Å². The molecule has 16 heavy (non-hydrogen) atoms. The summed E-state index contributed by atoms with van der Waals surface area (Å²) in [7, 11) is 0. The quantitative estimate of drug-likeness (QED) is 0.750. The van der Waals surface area contributed by atoms with Crippen LogP contribution >= 0.6 is 0 Å². The molecule has 0 bridgehead atoms. The minimum atomic E-state index is -0.335. The molecule has 3 N–H and O–H groups in total. The minimum Gasteiger partial charge on any atom is -0.365 e. The van der Waals surface area contributed by atoms with Crippen LogP contribution in [0.15, 0.2) is 0 Å². The van der Waals surface area contributed by atoms with Crippen LogP contribution in [0.1, 0.15) is 45.4 Å². The number of nitrogens with one attached hydrogen (secondary N) is 1. The number of amides is 1. The average molecular weight is 226 g/mol. The van der Waals surface area contributed by atoms with Crippen LogP contribution in [-0.2, 0) is 9.53 Å². The van der Waals surface area contributed by atoms with Crippen molar-refractivity contribution in [1.82, 2.24) is 5.32 Å². The molecule has 0 aromatic rings. The molecule has 2 rings (SSSR count). The van der Waals surface area contributed by atoms with Crippen molar-refractivity contribution in [2.75, 3.05) is 0 Å². The summed E-state index contributed by atoms with van der Waals surface area (Å²) in [6, 6.07) is 0.650. The van der Waals surface area contributed by atoms with E-state index < -0.39 is 0 Å². The summed E-state index contributed by atoms with van der Waals surface area (Å²) >= 11 is 0. The third kappa shape index (κ3) is 2.95. The Kier molecular flexibility index (Phi) is 3.82. The van der Waals surface area contributed by atoms with Crippen LogP contribution in [0.25, 0.3) is 0 Å². The monoisotopic (exact) mass is 226 g/mol. The summed E-state index contributed by atoms with van der Waals surface area (Å²) in [5, 5.41) is 3.05. The molecule has 92 valence electrons. The SMILES string of the molecule is CC(OC1CC(N)C1)C(=O)NC1CCCC1. The highest BCUT2D eigenvalue weighted by Crippen LogP contribution is 2.23. The van der Waals surface area contributed by atoms with E-state index in [4.69, 9.17) is 10.5 Å². The number of carbonyl (C=O) groups excluding carboxylic acids is 1. The fraction of sp³-hybridized carbons (Fsp3) is 0.917. The molecule has 0 aromatic carbocycles. The Hall–Kier alpha value is -0.610. The molecule has 1 atom stereocenters. The summed E-state index contributed by atoms with van der Waals surface area (Å²) in [6.07, 6.45) is 6.34. The largest absolute Gasteiger partial charge is 0.365 e. The van der Waals surface area contributed by atoms with Gasteiger partial charge in [0.25, 0.3) is 0 Å². The minimum absolute atomic E-state index is 0.0346. The van der Waals surface area contributed by atoms with Crippen molar-refractivity contribution in [3.63, 3.8) is 0 Å². The zero-order valence-corrected chi connectivity index (χ0v) is 9.95. The molecule has 0 saturated heterocycles. The number of nitrogens with two attached hydrogens (primary N) is 1. The molecule has 0 radical (unpaired) electrons. The lowest BCUT2D eigenvalue weighted by molar-refractivity contribution is -0.140. The zero-order valence-electron chi connectivity index (χ0n) is 9.95. The average Bonchev–Trinajstić information content (AvgIpc) is 2.68. The normalized spacial score (nSPS) is 32.1. The first-order chi connectivity index (χ1) is 7.65. The summed E-state index contributed by atoms with van der Waals surface area (Å²) in [5.74, 6) is 0.0346. The summed E-state index contributed by atoms with van der Waals surface area (Å²) in [5.41, 5.74) is 5.67. The van der Waals surface area contributed by atoms with Crippen molar-refractivity contribution in [1.29, 1.82) is 0 Å². The first-order valence-corrected chi connectivity index (χ1v) is 6.36. The number of ether oxygens (including phenoxy) is 1. The number of carbonyl (C=O) groups is 1. The van der Waals surface area contributed by atoms with Crippen molar-refractivity contribution < 1.29 is 9.53 Å². The Labute approximate surface area is 96.9 Å². The topological polar surface area (TPSA) is 64.3 Å². The second kappa shape index (κ2) is 5.15. The van der Waals surface area contributed by atoms with Crippen molar-refractivity contribution >= 4 is 5.91 Å². The van der Waals surface area contributed by atoms with Gasteiger partial charge in [0.05, 0.1) is 6.10 Å². The molecule has 4 heteroatoms. The highest BCUT2D eigenvalue weighted by Gasteiger charge is 2.30. The van der Waals surface area contributed by atoms with E-state index in [-0.39, 0.29) is 24.2 Å². The van der Waals surface area contributed by atoms with Crippen LogP contribution in [0.2, 0.25) is 0 Å². The zero-order chi connectivity index (χ0) is 11.5. The van der Waals surface area contributed by atoms with Crippen LogP contribution in [0.5, 0.6) is 0 Å². The maximum Gasteiger partial charge on any atom is 0.249 e. The van der Waals surface area contributed by atoms with Crippen LogP contribution in [0.3, 0.4) is 0 Å². The van der Waals surface area contributed by atoms with Crippen LogP contribution in [-0.4, -0.2) is 30.2 Å². The van der Waals surface area contributed by atoms with Gasteiger partial charge in [-0.2, -0.15) is 0 Å². The van der Waals surface area contributed by atoms with Crippen molar-refractivity contribution in [3.8, 4) is 0 Å². The van der Waals surface area contributed by atoms with Gasteiger partial charge in [-0.25, -0.2) is 0 Å². The highest BCUT2D eigenvalue weighted by molar-refractivity contribution is 5.80. The van der Waals surface area contributed by atoms with E-state index in [9.17, 15) is 4.79 Å². The van der Waals surface area contributed by atoms with Gasteiger partial charge in [-0.3, -0.25) is 4.79 Å². The number of hydrogen-bond acceptors (Lipinski definition) is 3. The van der Waals surface area contributed by atoms with E-state index in [0.29, 0.717) is 6.04 Å². The predicted octanol–water partition coefficient (Wildman–Crippen LogP) is 0.940. The second-order valence-corrected chi connectivity index (χ2v) is 5.12. The molecule has 0 heterocycles. The van der Waals surface area contributed by atoms with Gasteiger partial charge in [0, 0.05) is 12.1 Å². The Balaban J connectivity index is 1.67. The van der Waals surface area contributed by atoms with E-state index in [1.807, 2.05) is 6.92 Å². The Morgan fingerprint density at radius 3 is 2.56 bits per heavy atom. The maximum absolute atomic E-state index is 11.8. The van der Waals surface area contributed by atoms with Gasteiger partial charge in [0.15, 0.2) is 0 Å². The first kappa shape index (κ1) is 11.9. The summed E-state index contributed by atoms with van der Waals surface area (Å²) in [4.78, 5) is 11.8. The molecule has 4 nitrogen and oxygen atoms in total. The van der Waals surface area contributed by atoms with Gasteiger partial charge in [-0.15, -0.1) is 0 Å². The fourth-order valence-corrected chi connectivity index (χ4v) is 2.46. The molecule has 1 unspecified atom stereocenters. The predicted molar refractivity (Wildman–Crippen MR) is 61.9 cm³/mol. The molecule has 1 amide bonds. The third-order valence-corrected chi connectivity index (χ3v) is 3.60. The standard InChI is InChI=1S/C12H22N2O2/c1-8(16-11-6-9(13)7-11)12(15)14-10-4-2-3-5-10/h8-11H,2-7,13H2,1H3,(H,14,15). The maximum atomic E-state index is 11.8. The van der Waals surface area contributed by atoms with E-state index in [1.165, 1.54) is 12.8 Å². The molecule has 2 aliphatic rings. The molecule has 0 spiro atoms. The number of rotatable bonds is 4. The summed E-state index contributed by atoms with van der Waals surface area (Å²) < 4.78 is 5.64. The van der Waals surface area contributed by atoms with Gasteiger partial charge in [0.1, 0.15) is 6.10 Å². The van der Waals surface area contributed by atoms with Crippen LogP contribution in [0.4, 0.5) is 0 Å². The highest BCUT2D eigenvalue weighted by atomic mass is 16.5.